The molecular formula is C8H10BrNO2S. The quantitative estimate of drug-likeness (QED) is 0.878. The Bertz CT molecular complexity index is 311. The Morgan fingerprint density at radius 1 is 1.69 bits per heavy atom. The Balaban J connectivity index is 2.45. The summed E-state index contributed by atoms with van der Waals surface area (Å²) < 4.78 is 0.996. The Hall–Kier alpha value is -0.550. The summed E-state index contributed by atoms with van der Waals surface area (Å²) in [5.74, 6) is -0.755. The van der Waals surface area contributed by atoms with E-state index in [0.717, 1.165) is 20.8 Å². The highest BCUT2D eigenvalue weighted by atomic mass is 79.9. The molecule has 3 N–H and O–H groups in total. The number of hydrogen-bond acceptors (Lipinski definition) is 3. The monoisotopic (exact) mass is 263 g/mol. The summed E-state index contributed by atoms with van der Waals surface area (Å²) in [7, 11) is 0. The van der Waals surface area contributed by atoms with Gasteiger partial charge in [-0.1, -0.05) is 0 Å². The minimum Gasteiger partial charge on any atom is -0.481 e. The second-order valence-corrected chi connectivity index (χ2v) is 5.19. The van der Waals surface area contributed by atoms with Crippen molar-refractivity contribution in [1.82, 2.24) is 0 Å². The zero-order valence-electron chi connectivity index (χ0n) is 6.92. The van der Waals surface area contributed by atoms with Crippen molar-refractivity contribution in [3.63, 3.8) is 0 Å². The predicted octanol–water partition coefficient (Wildman–Crippen LogP) is 2.50. The molecule has 0 unspecified atom stereocenters. The maximum Gasteiger partial charge on any atom is 0.303 e. The summed E-state index contributed by atoms with van der Waals surface area (Å²) in [6.45, 7) is 0. The first-order valence-electron chi connectivity index (χ1n) is 3.85. The Morgan fingerprint density at radius 2 is 2.38 bits per heavy atom. The predicted molar refractivity (Wildman–Crippen MR) is 57.0 cm³/mol. The molecule has 0 aliphatic carbocycles. The number of halogens is 1. The van der Waals surface area contributed by atoms with Gasteiger partial charge in [0.15, 0.2) is 0 Å². The number of aliphatic carboxylic acids is 1. The van der Waals surface area contributed by atoms with Gasteiger partial charge in [-0.3, -0.25) is 4.79 Å². The number of carbonyl (C=O) groups is 1. The highest BCUT2D eigenvalue weighted by Gasteiger charge is 2.05. The molecule has 0 aromatic carbocycles. The summed E-state index contributed by atoms with van der Waals surface area (Å²) in [4.78, 5) is 11.3. The second kappa shape index (κ2) is 4.62. The molecule has 0 saturated heterocycles. The van der Waals surface area contributed by atoms with Crippen LogP contribution in [0.15, 0.2) is 9.85 Å². The minimum absolute atomic E-state index is 0.203. The van der Waals surface area contributed by atoms with E-state index in [1.807, 2.05) is 6.07 Å². The van der Waals surface area contributed by atoms with Crippen LogP contribution in [0.4, 0.5) is 5.69 Å². The maximum absolute atomic E-state index is 10.2. The van der Waals surface area contributed by atoms with Gasteiger partial charge in [-0.05, 0) is 34.8 Å². The van der Waals surface area contributed by atoms with Crippen molar-refractivity contribution in [2.75, 3.05) is 5.73 Å². The van der Waals surface area contributed by atoms with E-state index in [0.29, 0.717) is 6.42 Å². The average molecular weight is 264 g/mol. The third-order valence-corrected chi connectivity index (χ3v) is 3.32. The van der Waals surface area contributed by atoms with E-state index in [2.05, 4.69) is 15.9 Å². The molecule has 1 heterocycles. The van der Waals surface area contributed by atoms with Crippen LogP contribution in [0.1, 0.15) is 17.7 Å². The number of aryl methyl sites for hydroxylation is 1. The molecule has 1 rings (SSSR count). The zero-order chi connectivity index (χ0) is 9.84. The van der Waals surface area contributed by atoms with Crippen molar-refractivity contribution in [3.8, 4) is 0 Å². The Labute approximate surface area is 88.7 Å². The number of rotatable bonds is 4. The van der Waals surface area contributed by atoms with E-state index in [9.17, 15) is 4.79 Å². The molecule has 0 bridgehead atoms. The topological polar surface area (TPSA) is 63.3 Å². The third-order valence-electron chi connectivity index (χ3n) is 1.61. The number of anilines is 1. The van der Waals surface area contributed by atoms with Gasteiger partial charge >= 0.3 is 5.97 Å². The molecule has 5 heteroatoms. The molecule has 1 aromatic heterocycles. The first-order chi connectivity index (χ1) is 6.09. The van der Waals surface area contributed by atoms with Crippen molar-refractivity contribution in [2.45, 2.75) is 19.3 Å². The Kier molecular flexibility index (Phi) is 3.74. The number of nitrogens with two attached hydrogens (primary N) is 1. The van der Waals surface area contributed by atoms with Crippen LogP contribution >= 0.6 is 27.3 Å². The van der Waals surface area contributed by atoms with Gasteiger partial charge in [0, 0.05) is 17.0 Å². The number of thiophene rings is 1. The van der Waals surface area contributed by atoms with Gasteiger partial charge < -0.3 is 10.8 Å². The fraction of sp³-hybridized carbons (Fsp3) is 0.375. The SMILES string of the molecule is Nc1cc(Br)sc1CCCC(=O)O. The normalized spacial score (nSPS) is 10.2. The van der Waals surface area contributed by atoms with Crippen molar-refractivity contribution in [3.05, 3.63) is 14.7 Å². The van der Waals surface area contributed by atoms with Gasteiger partial charge in [-0.25, -0.2) is 0 Å². The van der Waals surface area contributed by atoms with E-state index in [1.54, 1.807) is 11.3 Å². The van der Waals surface area contributed by atoms with Crippen LogP contribution < -0.4 is 5.73 Å². The van der Waals surface area contributed by atoms with E-state index >= 15 is 0 Å². The fourth-order valence-corrected chi connectivity index (χ4v) is 2.68. The molecule has 0 aliphatic rings. The van der Waals surface area contributed by atoms with Crippen molar-refractivity contribution in [2.24, 2.45) is 0 Å². The van der Waals surface area contributed by atoms with Crippen molar-refractivity contribution < 1.29 is 9.90 Å². The van der Waals surface area contributed by atoms with E-state index < -0.39 is 5.97 Å². The molecule has 13 heavy (non-hydrogen) atoms. The van der Waals surface area contributed by atoms with Gasteiger partial charge in [0.25, 0.3) is 0 Å². The van der Waals surface area contributed by atoms with Gasteiger partial charge in [0.2, 0.25) is 0 Å². The van der Waals surface area contributed by atoms with Crippen molar-refractivity contribution in [1.29, 1.82) is 0 Å². The molecule has 0 atom stereocenters. The van der Waals surface area contributed by atoms with Gasteiger partial charge in [-0.15, -0.1) is 11.3 Å². The molecule has 0 aliphatic heterocycles. The molecule has 0 fully saturated rings. The average Bonchev–Trinajstić information content (AvgIpc) is 2.29. The van der Waals surface area contributed by atoms with Crippen LogP contribution in [0.3, 0.4) is 0 Å². The second-order valence-electron chi connectivity index (χ2n) is 2.68. The fourth-order valence-electron chi connectivity index (χ4n) is 1.00. The van der Waals surface area contributed by atoms with Gasteiger partial charge in [0.05, 0.1) is 3.79 Å². The lowest BCUT2D eigenvalue weighted by atomic mass is 10.2. The standard InChI is InChI=1S/C8H10BrNO2S/c9-7-4-5(10)6(13-7)2-1-3-8(11)12/h4H,1-3,10H2,(H,11,12). The highest BCUT2D eigenvalue weighted by Crippen LogP contribution is 2.30. The van der Waals surface area contributed by atoms with Gasteiger partial charge in [0.1, 0.15) is 0 Å². The van der Waals surface area contributed by atoms with Crippen LogP contribution in [-0.2, 0) is 11.2 Å². The lowest BCUT2D eigenvalue weighted by molar-refractivity contribution is -0.137. The largest absolute Gasteiger partial charge is 0.481 e. The molecular weight excluding hydrogens is 254 g/mol. The molecule has 1 aromatic rings. The first-order valence-corrected chi connectivity index (χ1v) is 5.46. The van der Waals surface area contributed by atoms with Gasteiger partial charge in [-0.2, -0.15) is 0 Å². The van der Waals surface area contributed by atoms with Crippen LogP contribution in [0, 0.1) is 0 Å². The summed E-state index contributed by atoms with van der Waals surface area (Å²) in [5.41, 5.74) is 6.44. The van der Waals surface area contributed by atoms with Crippen molar-refractivity contribution >= 4 is 38.9 Å². The van der Waals surface area contributed by atoms with E-state index in [-0.39, 0.29) is 6.42 Å². The number of carboxylic acid groups (broad SMARTS) is 1. The van der Waals surface area contributed by atoms with Crippen LogP contribution in [0.5, 0.6) is 0 Å². The van der Waals surface area contributed by atoms with Crippen LogP contribution in [-0.4, -0.2) is 11.1 Å². The van der Waals surface area contributed by atoms with E-state index in [4.69, 9.17) is 10.8 Å². The summed E-state index contributed by atoms with van der Waals surface area (Å²) in [6, 6.07) is 1.85. The zero-order valence-corrected chi connectivity index (χ0v) is 9.32. The summed E-state index contributed by atoms with van der Waals surface area (Å²) in [5, 5.41) is 8.43. The van der Waals surface area contributed by atoms with E-state index in [1.165, 1.54) is 0 Å². The minimum atomic E-state index is -0.755. The summed E-state index contributed by atoms with van der Waals surface area (Å²) in [6.07, 6.45) is 1.59. The molecule has 72 valence electrons. The summed E-state index contributed by atoms with van der Waals surface area (Å²) >= 11 is 4.89. The number of carboxylic acids is 1. The molecule has 3 nitrogen and oxygen atoms in total. The molecule has 0 amide bonds. The lowest BCUT2D eigenvalue weighted by Gasteiger charge is -1.96. The molecule has 0 spiro atoms. The lowest BCUT2D eigenvalue weighted by Crippen LogP contribution is -1.96. The van der Waals surface area contributed by atoms with Crippen LogP contribution in [0.25, 0.3) is 0 Å². The number of nitrogen functional groups attached to an aromatic ring is 1. The first kappa shape index (κ1) is 10.5. The molecule has 0 radical (unpaired) electrons. The number of hydrogen-bond donors (Lipinski definition) is 2. The Morgan fingerprint density at radius 3 is 2.85 bits per heavy atom. The smallest absolute Gasteiger partial charge is 0.303 e. The molecule has 0 saturated carbocycles. The maximum atomic E-state index is 10.2. The third kappa shape index (κ3) is 3.36. The highest BCUT2D eigenvalue weighted by molar-refractivity contribution is 9.11. The van der Waals surface area contributed by atoms with Crippen LogP contribution in [0.2, 0.25) is 0 Å².